The van der Waals surface area contributed by atoms with Gasteiger partial charge >= 0.3 is 0 Å². The molecule has 0 aliphatic carbocycles. The van der Waals surface area contributed by atoms with Gasteiger partial charge in [-0.25, -0.2) is 0 Å². The normalized spacial score (nSPS) is 10.7. The second-order valence-corrected chi connectivity index (χ2v) is 4.97. The molecule has 3 nitrogen and oxygen atoms in total. The van der Waals surface area contributed by atoms with Crippen LogP contribution in [0.3, 0.4) is 0 Å². The SMILES string of the molecule is Cc1cc(C)c(C(=O)c2c(Cl)cnn2C)c(C)c1. The lowest BCUT2D eigenvalue weighted by atomic mass is 9.95. The third kappa shape index (κ3) is 2.06. The molecule has 2 aromatic rings. The Hall–Kier alpha value is -1.61. The highest BCUT2D eigenvalue weighted by Crippen LogP contribution is 2.23. The molecule has 1 aromatic heterocycles. The molecule has 0 unspecified atom stereocenters. The summed E-state index contributed by atoms with van der Waals surface area (Å²) in [6.07, 6.45) is 1.49. The van der Waals surface area contributed by atoms with Crippen molar-refractivity contribution >= 4 is 17.4 Å². The summed E-state index contributed by atoms with van der Waals surface area (Å²) in [5.41, 5.74) is 4.24. The van der Waals surface area contributed by atoms with E-state index in [-0.39, 0.29) is 5.78 Å². The minimum absolute atomic E-state index is 0.0741. The molecule has 0 fully saturated rings. The molecule has 0 bridgehead atoms. The van der Waals surface area contributed by atoms with Crippen LogP contribution in [0.4, 0.5) is 0 Å². The molecule has 0 radical (unpaired) electrons. The molecule has 0 spiro atoms. The predicted molar refractivity (Wildman–Crippen MR) is 72.3 cm³/mol. The van der Waals surface area contributed by atoms with Gasteiger partial charge in [-0.15, -0.1) is 0 Å². The lowest BCUT2D eigenvalue weighted by molar-refractivity contribution is 0.102. The maximum Gasteiger partial charge on any atom is 0.213 e. The number of benzene rings is 1. The summed E-state index contributed by atoms with van der Waals surface area (Å²) >= 11 is 6.02. The van der Waals surface area contributed by atoms with Crippen molar-refractivity contribution in [3.05, 3.63) is 51.3 Å². The quantitative estimate of drug-likeness (QED) is 0.779. The summed E-state index contributed by atoms with van der Waals surface area (Å²) in [6.45, 7) is 5.90. The van der Waals surface area contributed by atoms with Crippen LogP contribution in [0.1, 0.15) is 32.7 Å². The molecule has 1 aromatic carbocycles. The summed E-state index contributed by atoms with van der Waals surface area (Å²) in [6, 6.07) is 4.01. The first-order chi connectivity index (χ1) is 8.41. The average molecular weight is 263 g/mol. The Balaban J connectivity index is 2.60. The number of hydrogen-bond acceptors (Lipinski definition) is 2. The Morgan fingerprint density at radius 3 is 2.22 bits per heavy atom. The number of nitrogens with zero attached hydrogens (tertiary/aromatic N) is 2. The van der Waals surface area contributed by atoms with E-state index in [2.05, 4.69) is 5.10 Å². The van der Waals surface area contributed by atoms with E-state index >= 15 is 0 Å². The van der Waals surface area contributed by atoms with Crippen LogP contribution >= 0.6 is 11.6 Å². The van der Waals surface area contributed by atoms with Crippen molar-refractivity contribution in [3.63, 3.8) is 0 Å². The topological polar surface area (TPSA) is 34.9 Å². The third-order valence-electron chi connectivity index (χ3n) is 3.01. The lowest BCUT2D eigenvalue weighted by Crippen LogP contribution is -2.12. The maximum atomic E-state index is 12.6. The summed E-state index contributed by atoms with van der Waals surface area (Å²) < 4.78 is 1.52. The molecule has 4 heteroatoms. The van der Waals surface area contributed by atoms with Crippen molar-refractivity contribution in [3.8, 4) is 0 Å². The van der Waals surface area contributed by atoms with Gasteiger partial charge in [0.05, 0.1) is 11.2 Å². The number of aromatic nitrogens is 2. The van der Waals surface area contributed by atoms with Crippen molar-refractivity contribution in [1.29, 1.82) is 0 Å². The number of halogens is 1. The fraction of sp³-hybridized carbons (Fsp3) is 0.286. The van der Waals surface area contributed by atoms with Crippen LogP contribution in [-0.4, -0.2) is 15.6 Å². The Labute approximate surface area is 111 Å². The van der Waals surface area contributed by atoms with E-state index in [9.17, 15) is 4.79 Å². The van der Waals surface area contributed by atoms with Crippen molar-refractivity contribution in [2.45, 2.75) is 20.8 Å². The van der Waals surface area contributed by atoms with Gasteiger partial charge in [0.2, 0.25) is 5.78 Å². The highest BCUT2D eigenvalue weighted by atomic mass is 35.5. The first-order valence-electron chi connectivity index (χ1n) is 5.72. The first-order valence-corrected chi connectivity index (χ1v) is 6.09. The predicted octanol–water partition coefficient (Wildman–Crippen LogP) is 3.23. The van der Waals surface area contributed by atoms with Gasteiger partial charge in [-0.3, -0.25) is 9.48 Å². The summed E-state index contributed by atoms with van der Waals surface area (Å²) in [5.74, 6) is -0.0741. The summed E-state index contributed by atoms with van der Waals surface area (Å²) in [4.78, 5) is 12.6. The molecule has 0 atom stereocenters. The Bertz CT molecular complexity index is 586. The molecule has 0 N–H and O–H groups in total. The summed E-state index contributed by atoms with van der Waals surface area (Å²) in [5, 5.41) is 4.39. The van der Waals surface area contributed by atoms with Gasteiger partial charge in [0, 0.05) is 12.6 Å². The molecular formula is C14H15ClN2O. The molecule has 0 aliphatic heterocycles. The number of carbonyl (C=O) groups excluding carboxylic acids is 1. The first kappa shape index (κ1) is 12.8. The summed E-state index contributed by atoms with van der Waals surface area (Å²) in [7, 11) is 1.72. The molecule has 94 valence electrons. The fourth-order valence-electron chi connectivity index (χ4n) is 2.32. The largest absolute Gasteiger partial charge is 0.287 e. The Morgan fingerprint density at radius 1 is 1.22 bits per heavy atom. The number of rotatable bonds is 2. The minimum Gasteiger partial charge on any atom is -0.287 e. The monoisotopic (exact) mass is 262 g/mol. The van der Waals surface area contributed by atoms with E-state index < -0.39 is 0 Å². The Morgan fingerprint density at radius 2 is 1.78 bits per heavy atom. The second kappa shape index (κ2) is 4.58. The van der Waals surface area contributed by atoms with Crippen molar-refractivity contribution in [2.24, 2.45) is 7.05 Å². The molecule has 0 saturated heterocycles. The van der Waals surface area contributed by atoms with Crippen LogP contribution < -0.4 is 0 Å². The van der Waals surface area contributed by atoms with E-state index in [1.54, 1.807) is 7.05 Å². The number of ketones is 1. The van der Waals surface area contributed by atoms with Crippen LogP contribution in [0.2, 0.25) is 5.02 Å². The number of carbonyl (C=O) groups is 1. The molecule has 0 saturated carbocycles. The van der Waals surface area contributed by atoms with Crippen molar-refractivity contribution in [2.75, 3.05) is 0 Å². The maximum absolute atomic E-state index is 12.6. The van der Waals surface area contributed by atoms with Crippen LogP contribution in [0.25, 0.3) is 0 Å². The minimum atomic E-state index is -0.0741. The van der Waals surface area contributed by atoms with Gasteiger partial charge in [0.25, 0.3) is 0 Å². The smallest absolute Gasteiger partial charge is 0.213 e. The highest BCUT2D eigenvalue weighted by Gasteiger charge is 2.21. The van der Waals surface area contributed by atoms with Crippen molar-refractivity contribution < 1.29 is 4.79 Å². The van der Waals surface area contributed by atoms with Crippen LogP contribution in [0, 0.1) is 20.8 Å². The third-order valence-corrected chi connectivity index (χ3v) is 3.29. The molecule has 0 amide bonds. The van der Waals surface area contributed by atoms with Gasteiger partial charge in [-0.1, -0.05) is 29.3 Å². The molecule has 1 heterocycles. The highest BCUT2D eigenvalue weighted by molar-refractivity contribution is 6.34. The van der Waals surface area contributed by atoms with Gasteiger partial charge in [0.1, 0.15) is 5.69 Å². The molecule has 0 aliphatic rings. The van der Waals surface area contributed by atoms with Crippen LogP contribution in [-0.2, 0) is 7.05 Å². The van der Waals surface area contributed by atoms with E-state index in [1.807, 2.05) is 32.9 Å². The molecule has 18 heavy (non-hydrogen) atoms. The number of hydrogen-bond donors (Lipinski definition) is 0. The second-order valence-electron chi connectivity index (χ2n) is 4.57. The van der Waals surface area contributed by atoms with Crippen LogP contribution in [0.15, 0.2) is 18.3 Å². The number of aryl methyl sites for hydroxylation is 4. The van der Waals surface area contributed by atoms with Gasteiger partial charge in [-0.2, -0.15) is 5.10 Å². The average Bonchev–Trinajstić information content (AvgIpc) is 2.56. The van der Waals surface area contributed by atoms with Gasteiger partial charge in [0.15, 0.2) is 0 Å². The lowest BCUT2D eigenvalue weighted by Gasteiger charge is -2.10. The standard InChI is InChI=1S/C14H15ClN2O/c1-8-5-9(2)12(10(3)6-8)14(18)13-11(15)7-16-17(13)4/h5-7H,1-4H3. The van der Waals surface area contributed by atoms with Gasteiger partial charge in [-0.05, 0) is 31.9 Å². The van der Waals surface area contributed by atoms with Crippen LogP contribution in [0.5, 0.6) is 0 Å². The van der Waals surface area contributed by atoms with E-state index in [1.165, 1.54) is 10.9 Å². The fourth-order valence-corrected chi connectivity index (χ4v) is 2.57. The Kier molecular flexibility index (Phi) is 3.26. The zero-order valence-corrected chi connectivity index (χ0v) is 11.7. The zero-order valence-electron chi connectivity index (χ0n) is 10.9. The van der Waals surface area contributed by atoms with Crippen molar-refractivity contribution in [1.82, 2.24) is 9.78 Å². The van der Waals surface area contributed by atoms with E-state index in [4.69, 9.17) is 11.6 Å². The van der Waals surface area contributed by atoms with Gasteiger partial charge < -0.3 is 0 Å². The molecule has 2 rings (SSSR count). The van der Waals surface area contributed by atoms with E-state index in [0.717, 1.165) is 16.7 Å². The molecular weight excluding hydrogens is 248 g/mol. The zero-order chi connectivity index (χ0) is 13.4. The van der Waals surface area contributed by atoms with E-state index in [0.29, 0.717) is 16.3 Å².